The van der Waals surface area contributed by atoms with Gasteiger partial charge in [0.15, 0.2) is 0 Å². The van der Waals surface area contributed by atoms with Gasteiger partial charge in [0.1, 0.15) is 0 Å². The predicted octanol–water partition coefficient (Wildman–Crippen LogP) is 3.59. The van der Waals surface area contributed by atoms with Crippen LogP contribution in [0.25, 0.3) is 0 Å². The van der Waals surface area contributed by atoms with Crippen molar-refractivity contribution in [3.05, 3.63) is 0 Å². The SMILES string of the molecule is [B]OC1CC(C)C(CC2CC[CH]([Sn])CC2)C(F)C1Cl. The molecule has 2 fully saturated rings. The Morgan fingerprint density at radius 1 is 1.32 bits per heavy atom. The molecule has 0 N–H and O–H groups in total. The van der Waals surface area contributed by atoms with E-state index in [4.69, 9.17) is 24.3 Å². The molecule has 5 atom stereocenters. The van der Waals surface area contributed by atoms with Crippen molar-refractivity contribution in [3.63, 3.8) is 0 Å². The Labute approximate surface area is 135 Å². The van der Waals surface area contributed by atoms with Gasteiger partial charge >= 0.3 is 136 Å². The van der Waals surface area contributed by atoms with Gasteiger partial charge in [0, 0.05) is 0 Å². The number of rotatable bonds is 3. The maximum absolute atomic E-state index is 14.5. The second-order valence-corrected chi connectivity index (χ2v) is 9.23. The summed E-state index contributed by atoms with van der Waals surface area (Å²) < 4.78 is 20.3. The molecule has 5 unspecified atom stereocenters. The first-order valence-corrected chi connectivity index (χ1v) is 9.46. The van der Waals surface area contributed by atoms with Gasteiger partial charge in [-0.25, -0.2) is 0 Å². The molecule has 5 heteroatoms. The van der Waals surface area contributed by atoms with Crippen molar-refractivity contribution in [2.24, 2.45) is 17.8 Å². The van der Waals surface area contributed by atoms with Crippen LogP contribution in [0.15, 0.2) is 0 Å². The van der Waals surface area contributed by atoms with Crippen LogP contribution >= 0.6 is 11.6 Å². The van der Waals surface area contributed by atoms with Gasteiger partial charge in [-0.15, -0.1) is 0 Å². The number of hydrogen-bond donors (Lipinski definition) is 0. The Morgan fingerprint density at radius 3 is 2.53 bits per heavy atom. The van der Waals surface area contributed by atoms with Crippen molar-refractivity contribution in [1.82, 2.24) is 0 Å². The monoisotopic (exact) mass is 391 g/mol. The third-order valence-electron chi connectivity index (χ3n) is 5.03. The number of halogens is 2. The molecule has 2 aliphatic rings. The van der Waals surface area contributed by atoms with Gasteiger partial charge < -0.3 is 0 Å². The molecule has 2 saturated carbocycles. The zero-order valence-electron chi connectivity index (χ0n) is 11.5. The Hall–Kier alpha value is 1.04. The third kappa shape index (κ3) is 4.03. The molecule has 105 valence electrons. The molecular weight excluding hydrogens is 368 g/mol. The fourth-order valence-corrected chi connectivity index (χ4v) is 5.00. The fourth-order valence-electron chi connectivity index (χ4n) is 3.70. The number of alkyl halides is 2. The van der Waals surface area contributed by atoms with Crippen LogP contribution in [0.1, 0.15) is 45.4 Å². The average molecular weight is 390 g/mol. The van der Waals surface area contributed by atoms with Crippen molar-refractivity contribution in [3.8, 4) is 0 Å². The van der Waals surface area contributed by atoms with Crippen molar-refractivity contribution in [2.45, 2.75) is 67.0 Å². The van der Waals surface area contributed by atoms with Crippen molar-refractivity contribution in [1.29, 1.82) is 0 Å². The van der Waals surface area contributed by atoms with Gasteiger partial charge in [-0.1, -0.05) is 0 Å². The normalized spacial score (nSPS) is 48.1. The standard InChI is InChI=1S/C14H22BClFO.Sn/c1-9-7-12(18-15)13(16)14(17)11(9)8-10-5-3-2-4-6-10;/h2,9-14H,3-8H2,1H3;. The summed E-state index contributed by atoms with van der Waals surface area (Å²) in [6, 6.07) is 0. The molecule has 0 bridgehead atoms. The van der Waals surface area contributed by atoms with Crippen molar-refractivity contribution < 1.29 is 9.04 Å². The van der Waals surface area contributed by atoms with Gasteiger partial charge in [-0.2, -0.15) is 0 Å². The van der Waals surface area contributed by atoms with E-state index in [0.29, 0.717) is 11.8 Å². The minimum absolute atomic E-state index is 0.0836. The maximum atomic E-state index is 14.5. The Bertz CT molecular complexity index is 289. The molecule has 0 spiro atoms. The Balaban J connectivity index is 1.92. The molecule has 0 aliphatic heterocycles. The fraction of sp³-hybridized carbons (Fsp3) is 1.00. The molecule has 1 nitrogen and oxygen atoms in total. The van der Waals surface area contributed by atoms with E-state index in [1.54, 1.807) is 22.5 Å². The van der Waals surface area contributed by atoms with Gasteiger partial charge in [0.2, 0.25) is 0 Å². The molecule has 0 heterocycles. The summed E-state index contributed by atoms with van der Waals surface area (Å²) in [4.78, 5) is 0. The van der Waals surface area contributed by atoms with E-state index in [9.17, 15) is 4.39 Å². The first-order valence-electron chi connectivity index (χ1n) is 7.37. The van der Waals surface area contributed by atoms with E-state index in [2.05, 4.69) is 6.92 Å². The molecule has 0 saturated heterocycles. The van der Waals surface area contributed by atoms with E-state index in [1.165, 1.54) is 25.7 Å². The first kappa shape index (κ1) is 16.4. The summed E-state index contributed by atoms with van der Waals surface area (Å²) in [6.45, 7) is 2.11. The van der Waals surface area contributed by atoms with E-state index < -0.39 is 11.5 Å². The van der Waals surface area contributed by atoms with Crippen LogP contribution in [0.3, 0.4) is 0 Å². The molecular formula is C14H22BClFOSn. The average Bonchev–Trinajstić information content (AvgIpc) is 2.41. The molecule has 2 aliphatic carbocycles. The van der Waals surface area contributed by atoms with E-state index >= 15 is 0 Å². The molecule has 19 heavy (non-hydrogen) atoms. The zero-order valence-corrected chi connectivity index (χ0v) is 15.1. The number of hydrogen-bond acceptors (Lipinski definition) is 1. The van der Waals surface area contributed by atoms with Crippen LogP contribution in [0.4, 0.5) is 4.39 Å². The molecule has 0 aromatic rings. The predicted molar refractivity (Wildman–Crippen MR) is 78.5 cm³/mol. The second kappa shape index (κ2) is 7.35. The van der Waals surface area contributed by atoms with Crippen LogP contribution in [0.5, 0.6) is 0 Å². The summed E-state index contributed by atoms with van der Waals surface area (Å²) in [7, 11) is 5.21. The topological polar surface area (TPSA) is 9.23 Å². The van der Waals surface area contributed by atoms with Crippen LogP contribution in [-0.2, 0) is 4.65 Å². The quantitative estimate of drug-likeness (QED) is 0.529. The molecule has 2 rings (SSSR count). The summed E-state index contributed by atoms with van der Waals surface area (Å²) >= 11 is 7.82. The summed E-state index contributed by atoms with van der Waals surface area (Å²) in [5.74, 6) is 1.09. The Morgan fingerprint density at radius 2 is 1.95 bits per heavy atom. The van der Waals surface area contributed by atoms with Crippen molar-refractivity contribution >= 4 is 42.2 Å². The molecule has 0 aromatic carbocycles. The van der Waals surface area contributed by atoms with Crippen LogP contribution in [-0.4, -0.2) is 48.2 Å². The van der Waals surface area contributed by atoms with Gasteiger partial charge in [0.25, 0.3) is 0 Å². The van der Waals surface area contributed by atoms with Crippen LogP contribution < -0.4 is 0 Å². The third-order valence-corrected chi connectivity index (χ3v) is 7.20. The molecule has 0 amide bonds. The van der Waals surface area contributed by atoms with Crippen molar-refractivity contribution in [2.75, 3.05) is 0 Å². The van der Waals surface area contributed by atoms with Gasteiger partial charge in [0.05, 0.1) is 0 Å². The zero-order chi connectivity index (χ0) is 14.0. The van der Waals surface area contributed by atoms with Crippen LogP contribution in [0, 0.1) is 17.8 Å². The second-order valence-electron chi connectivity index (χ2n) is 6.39. The van der Waals surface area contributed by atoms with Crippen LogP contribution in [0.2, 0.25) is 3.93 Å². The van der Waals surface area contributed by atoms with Gasteiger partial charge in [-0.05, 0) is 0 Å². The van der Waals surface area contributed by atoms with E-state index in [1.807, 2.05) is 0 Å². The van der Waals surface area contributed by atoms with Gasteiger partial charge in [-0.3, -0.25) is 0 Å². The van der Waals surface area contributed by atoms with E-state index in [0.717, 1.165) is 16.8 Å². The molecule has 5 radical (unpaired) electrons. The molecule has 0 aromatic heterocycles. The summed E-state index contributed by atoms with van der Waals surface area (Å²) in [5, 5.41) is -0.585. The van der Waals surface area contributed by atoms with E-state index in [-0.39, 0.29) is 12.0 Å². The summed E-state index contributed by atoms with van der Waals surface area (Å²) in [6.07, 6.45) is 5.67. The summed E-state index contributed by atoms with van der Waals surface area (Å²) in [5.41, 5.74) is 0. The minimum atomic E-state index is -0.982. The Kier molecular flexibility index (Phi) is 6.35. The first-order chi connectivity index (χ1) is 9.02.